The van der Waals surface area contributed by atoms with Gasteiger partial charge >= 0.3 is 0 Å². The van der Waals surface area contributed by atoms with Gasteiger partial charge in [-0.1, -0.05) is 12.5 Å². The van der Waals surface area contributed by atoms with Crippen molar-refractivity contribution in [1.82, 2.24) is 19.5 Å². The Balaban J connectivity index is 1.49. The minimum absolute atomic E-state index is 0.0177. The normalized spacial score (nSPS) is 14.9. The molecule has 0 aliphatic carbocycles. The Labute approximate surface area is 182 Å². The van der Waals surface area contributed by atoms with Gasteiger partial charge in [-0.3, -0.25) is 9.59 Å². The number of hydrogen-bond donors (Lipinski definition) is 3. The van der Waals surface area contributed by atoms with E-state index >= 15 is 0 Å². The van der Waals surface area contributed by atoms with Gasteiger partial charge in [0, 0.05) is 45.0 Å². The molecular weight excluding hydrogens is 420 g/mol. The zero-order valence-corrected chi connectivity index (χ0v) is 18.3. The SMILES string of the molecule is Cn1cc(S(=O)(=O)N2CCCCC2)cc1C(=O)NCCCNC(=O)c1cccc(O)c1. The van der Waals surface area contributed by atoms with Crippen LogP contribution in [0.15, 0.2) is 41.4 Å². The molecule has 2 amide bonds. The number of aryl methyl sites for hydroxylation is 1. The van der Waals surface area contributed by atoms with Gasteiger partial charge in [0.2, 0.25) is 10.0 Å². The topological polar surface area (TPSA) is 121 Å². The van der Waals surface area contributed by atoms with Crippen LogP contribution in [-0.2, 0) is 17.1 Å². The van der Waals surface area contributed by atoms with Crippen LogP contribution in [0.4, 0.5) is 0 Å². The van der Waals surface area contributed by atoms with Gasteiger partial charge in [0.25, 0.3) is 11.8 Å². The summed E-state index contributed by atoms with van der Waals surface area (Å²) in [6.45, 7) is 1.68. The minimum Gasteiger partial charge on any atom is -0.508 e. The summed E-state index contributed by atoms with van der Waals surface area (Å²) in [6, 6.07) is 7.45. The van der Waals surface area contributed by atoms with Crippen LogP contribution in [0.5, 0.6) is 5.75 Å². The van der Waals surface area contributed by atoms with Gasteiger partial charge < -0.3 is 20.3 Å². The lowest BCUT2D eigenvalue weighted by Crippen LogP contribution is -2.35. The number of aromatic hydroxyl groups is 1. The first-order valence-electron chi connectivity index (χ1n) is 10.3. The summed E-state index contributed by atoms with van der Waals surface area (Å²) in [4.78, 5) is 24.6. The first kappa shape index (κ1) is 22.8. The van der Waals surface area contributed by atoms with E-state index in [1.807, 2.05) is 0 Å². The molecule has 3 rings (SSSR count). The number of nitrogens with one attached hydrogen (secondary N) is 2. The van der Waals surface area contributed by atoms with Gasteiger partial charge in [0.15, 0.2) is 0 Å². The Morgan fingerprint density at radius 1 is 1.03 bits per heavy atom. The fourth-order valence-corrected chi connectivity index (χ4v) is 5.08. The molecule has 1 aromatic carbocycles. The highest BCUT2D eigenvalue weighted by atomic mass is 32.2. The Hall–Kier alpha value is -2.85. The molecule has 1 aliphatic rings. The van der Waals surface area contributed by atoms with Crippen LogP contribution in [0.1, 0.15) is 46.5 Å². The molecule has 10 heteroatoms. The second-order valence-corrected chi connectivity index (χ2v) is 9.49. The van der Waals surface area contributed by atoms with Crippen molar-refractivity contribution in [3.8, 4) is 5.75 Å². The maximum absolute atomic E-state index is 12.8. The van der Waals surface area contributed by atoms with E-state index in [0.717, 1.165) is 19.3 Å². The van der Waals surface area contributed by atoms with E-state index in [1.165, 1.54) is 33.3 Å². The number of phenolic OH excluding ortho intramolecular Hbond substituents is 1. The maximum atomic E-state index is 12.8. The van der Waals surface area contributed by atoms with Crippen LogP contribution in [0.25, 0.3) is 0 Å². The largest absolute Gasteiger partial charge is 0.508 e. The first-order chi connectivity index (χ1) is 14.8. The van der Waals surface area contributed by atoms with E-state index < -0.39 is 10.0 Å². The fourth-order valence-electron chi connectivity index (χ4n) is 3.49. The summed E-state index contributed by atoms with van der Waals surface area (Å²) in [7, 11) is -1.96. The van der Waals surface area contributed by atoms with E-state index in [-0.39, 0.29) is 28.2 Å². The van der Waals surface area contributed by atoms with Crippen molar-refractivity contribution in [3.63, 3.8) is 0 Å². The predicted molar refractivity (Wildman–Crippen MR) is 115 cm³/mol. The lowest BCUT2D eigenvalue weighted by molar-refractivity contribution is 0.0945. The molecule has 31 heavy (non-hydrogen) atoms. The Kier molecular flexibility index (Phi) is 7.34. The van der Waals surface area contributed by atoms with Gasteiger partial charge in [-0.2, -0.15) is 4.31 Å². The molecule has 1 aliphatic heterocycles. The molecule has 0 unspecified atom stereocenters. The lowest BCUT2D eigenvalue weighted by atomic mass is 10.2. The molecule has 3 N–H and O–H groups in total. The first-order valence-corrected chi connectivity index (χ1v) is 11.7. The molecule has 0 saturated carbocycles. The van der Waals surface area contributed by atoms with Crippen LogP contribution >= 0.6 is 0 Å². The van der Waals surface area contributed by atoms with Crippen molar-refractivity contribution in [2.75, 3.05) is 26.2 Å². The van der Waals surface area contributed by atoms with E-state index in [1.54, 1.807) is 19.2 Å². The average molecular weight is 449 g/mol. The van der Waals surface area contributed by atoms with Crippen molar-refractivity contribution < 1.29 is 23.1 Å². The molecule has 1 saturated heterocycles. The monoisotopic (exact) mass is 448 g/mol. The van der Waals surface area contributed by atoms with Crippen molar-refractivity contribution >= 4 is 21.8 Å². The fraction of sp³-hybridized carbons (Fsp3) is 0.429. The molecule has 0 bridgehead atoms. The van der Waals surface area contributed by atoms with Gasteiger partial charge in [-0.25, -0.2) is 8.42 Å². The van der Waals surface area contributed by atoms with Crippen molar-refractivity contribution in [1.29, 1.82) is 0 Å². The van der Waals surface area contributed by atoms with Crippen LogP contribution in [0.2, 0.25) is 0 Å². The highest BCUT2D eigenvalue weighted by Gasteiger charge is 2.28. The average Bonchev–Trinajstić information content (AvgIpc) is 3.16. The Morgan fingerprint density at radius 3 is 2.39 bits per heavy atom. The van der Waals surface area contributed by atoms with Gasteiger partial charge in [-0.05, 0) is 43.5 Å². The van der Waals surface area contributed by atoms with Gasteiger partial charge in [0.05, 0.1) is 0 Å². The molecular formula is C21H28N4O5S. The number of benzene rings is 1. The second-order valence-electron chi connectivity index (χ2n) is 7.55. The highest BCUT2D eigenvalue weighted by molar-refractivity contribution is 7.89. The van der Waals surface area contributed by atoms with Crippen LogP contribution in [0.3, 0.4) is 0 Å². The van der Waals surface area contributed by atoms with Crippen LogP contribution < -0.4 is 10.6 Å². The van der Waals surface area contributed by atoms with E-state index in [9.17, 15) is 23.1 Å². The number of aromatic nitrogens is 1. The summed E-state index contributed by atoms with van der Waals surface area (Å²) in [5, 5.41) is 14.9. The van der Waals surface area contributed by atoms with Gasteiger partial charge in [0.1, 0.15) is 16.3 Å². The van der Waals surface area contributed by atoms with Gasteiger partial charge in [-0.15, -0.1) is 0 Å². The number of hydrogen-bond acceptors (Lipinski definition) is 5. The molecule has 9 nitrogen and oxygen atoms in total. The Morgan fingerprint density at radius 2 is 1.71 bits per heavy atom. The third kappa shape index (κ3) is 5.65. The van der Waals surface area contributed by atoms with Crippen LogP contribution in [0, 0.1) is 0 Å². The maximum Gasteiger partial charge on any atom is 0.267 e. The van der Waals surface area contributed by atoms with Crippen molar-refractivity contribution in [2.24, 2.45) is 7.05 Å². The number of rotatable bonds is 8. The molecule has 0 spiro atoms. The zero-order valence-electron chi connectivity index (χ0n) is 17.5. The number of carbonyl (C=O) groups is 2. The second kappa shape index (κ2) is 9.97. The minimum atomic E-state index is -3.60. The molecule has 168 valence electrons. The van der Waals surface area contributed by atoms with E-state index in [4.69, 9.17) is 0 Å². The molecule has 0 radical (unpaired) electrons. The highest BCUT2D eigenvalue weighted by Crippen LogP contribution is 2.22. The summed E-state index contributed by atoms with van der Waals surface area (Å²) >= 11 is 0. The predicted octanol–water partition coefficient (Wildman–Crippen LogP) is 1.46. The van der Waals surface area contributed by atoms with Crippen molar-refractivity contribution in [3.05, 3.63) is 47.8 Å². The number of nitrogens with zero attached hydrogens (tertiary/aromatic N) is 2. The number of phenols is 1. The Bertz CT molecular complexity index is 1040. The molecule has 2 heterocycles. The number of carbonyl (C=O) groups excluding carboxylic acids is 2. The number of amides is 2. The molecule has 1 aromatic heterocycles. The summed E-state index contributed by atoms with van der Waals surface area (Å²) in [5.74, 6) is -0.664. The third-order valence-corrected chi connectivity index (χ3v) is 7.06. The number of piperidine rings is 1. The van der Waals surface area contributed by atoms with E-state index in [0.29, 0.717) is 38.2 Å². The molecule has 0 atom stereocenters. The smallest absolute Gasteiger partial charge is 0.267 e. The summed E-state index contributed by atoms with van der Waals surface area (Å²) in [6.07, 6.45) is 4.69. The quantitative estimate of drug-likeness (QED) is 0.528. The zero-order chi connectivity index (χ0) is 22.4. The van der Waals surface area contributed by atoms with E-state index in [2.05, 4.69) is 10.6 Å². The van der Waals surface area contributed by atoms with Crippen molar-refractivity contribution in [2.45, 2.75) is 30.6 Å². The number of sulfonamides is 1. The summed E-state index contributed by atoms with van der Waals surface area (Å²) < 4.78 is 28.6. The standard InChI is InChI=1S/C21H28N4O5S/c1-24-15-18(31(29,30)25-11-3-2-4-12-25)14-19(24)21(28)23-10-6-9-22-20(27)16-7-5-8-17(26)13-16/h5,7-8,13-15,26H,2-4,6,9-12H2,1H3,(H,22,27)(H,23,28). The lowest BCUT2D eigenvalue weighted by Gasteiger charge is -2.25. The summed E-state index contributed by atoms with van der Waals surface area (Å²) in [5.41, 5.74) is 0.620. The molecule has 1 fully saturated rings. The van der Waals surface area contributed by atoms with Crippen LogP contribution in [-0.4, -0.2) is 60.4 Å². The third-order valence-electron chi connectivity index (χ3n) is 5.20. The molecule has 2 aromatic rings.